The zero-order valence-corrected chi connectivity index (χ0v) is 18.4. The van der Waals surface area contributed by atoms with Crippen molar-refractivity contribution in [2.24, 2.45) is 11.8 Å². The van der Waals surface area contributed by atoms with Crippen molar-refractivity contribution in [1.29, 1.82) is 0 Å². The summed E-state index contributed by atoms with van der Waals surface area (Å²) in [5.41, 5.74) is 3.02. The van der Waals surface area contributed by atoms with Gasteiger partial charge in [-0.1, -0.05) is 0 Å². The molecule has 8 heteroatoms. The van der Waals surface area contributed by atoms with Crippen LogP contribution in [0.15, 0.2) is 22.7 Å². The first-order chi connectivity index (χ1) is 14.6. The largest absolute Gasteiger partial charge is 0.493 e. The molecule has 1 fully saturated rings. The molecule has 5 rings (SSSR count). The predicted molar refractivity (Wildman–Crippen MR) is 110 cm³/mol. The molecule has 1 aliphatic carbocycles. The lowest BCUT2D eigenvalue weighted by Gasteiger charge is -2.34. The Labute approximate surface area is 182 Å². The maximum Gasteiger partial charge on any atom is 0.310 e. The molecule has 0 N–H and O–H groups in total. The summed E-state index contributed by atoms with van der Waals surface area (Å²) in [6, 6.07) is 5.91. The lowest BCUT2D eigenvalue weighted by Crippen LogP contribution is -2.31. The summed E-state index contributed by atoms with van der Waals surface area (Å²) in [4.78, 5) is 12.8. The van der Waals surface area contributed by atoms with Crippen LogP contribution in [0.2, 0.25) is 0 Å². The van der Waals surface area contributed by atoms with Crippen LogP contribution in [0.5, 0.6) is 28.7 Å². The van der Waals surface area contributed by atoms with Crippen LogP contribution in [0.1, 0.15) is 22.6 Å². The summed E-state index contributed by atoms with van der Waals surface area (Å²) >= 11 is 3.69. The molecule has 0 amide bonds. The number of fused-ring (bicyclic) bond motifs is 3. The van der Waals surface area contributed by atoms with E-state index >= 15 is 0 Å². The molecule has 0 bridgehead atoms. The van der Waals surface area contributed by atoms with E-state index in [1.807, 2.05) is 18.2 Å². The van der Waals surface area contributed by atoms with Gasteiger partial charge in [0.1, 0.15) is 0 Å². The minimum Gasteiger partial charge on any atom is -0.493 e. The van der Waals surface area contributed by atoms with E-state index in [4.69, 9.17) is 28.4 Å². The number of benzene rings is 2. The van der Waals surface area contributed by atoms with Gasteiger partial charge in [0.15, 0.2) is 23.0 Å². The van der Waals surface area contributed by atoms with E-state index in [1.54, 1.807) is 21.3 Å². The first-order valence-electron chi connectivity index (χ1n) is 9.64. The standard InChI is InChI=1S/C22H21BrO7/c1-25-16-7-13(19(23)21(27-3)20(16)26-2)18-12-6-15-14(29-9-30-15)5-10(12)4-11-8-28-22(24)17(11)18/h5-7,11,17-18H,4,8-9H2,1-3H3/t11-,17-,18-/m0/s1. The number of methoxy groups -OCH3 is 3. The smallest absolute Gasteiger partial charge is 0.310 e. The summed E-state index contributed by atoms with van der Waals surface area (Å²) in [5, 5.41) is 0. The van der Waals surface area contributed by atoms with E-state index in [1.165, 1.54) is 0 Å². The SMILES string of the molecule is COc1cc([C@@H]2c3cc4c(cc3C[C@H]3COC(=O)[C@@H]32)OCO4)c(Br)c(OC)c1OC. The second-order valence-corrected chi connectivity index (χ2v) is 8.34. The third kappa shape index (κ3) is 2.73. The molecule has 3 atom stereocenters. The van der Waals surface area contributed by atoms with Gasteiger partial charge in [-0.3, -0.25) is 4.79 Å². The van der Waals surface area contributed by atoms with Gasteiger partial charge >= 0.3 is 5.97 Å². The molecule has 2 aromatic rings. The molecule has 0 aromatic heterocycles. The van der Waals surface area contributed by atoms with Crippen molar-refractivity contribution in [3.05, 3.63) is 39.4 Å². The van der Waals surface area contributed by atoms with Crippen LogP contribution in [0.25, 0.3) is 0 Å². The van der Waals surface area contributed by atoms with E-state index < -0.39 is 0 Å². The van der Waals surface area contributed by atoms with Crippen LogP contribution < -0.4 is 23.7 Å². The van der Waals surface area contributed by atoms with E-state index in [0.717, 1.165) is 33.3 Å². The molecule has 2 heterocycles. The average molecular weight is 477 g/mol. The van der Waals surface area contributed by atoms with Gasteiger partial charge < -0.3 is 28.4 Å². The fourth-order valence-electron chi connectivity index (χ4n) is 4.84. The number of rotatable bonds is 4. The Balaban J connectivity index is 1.76. The molecule has 0 radical (unpaired) electrons. The zero-order chi connectivity index (χ0) is 21.0. The normalized spacial score (nSPS) is 23.5. The number of hydrogen-bond acceptors (Lipinski definition) is 7. The summed E-state index contributed by atoms with van der Waals surface area (Å²) in [6.07, 6.45) is 0.751. The molecular weight excluding hydrogens is 456 g/mol. The van der Waals surface area contributed by atoms with E-state index in [0.29, 0.717) is 29.6 Å². The van der Waals surface area contributed by atoms with Crippen molar-refractivity contribution in [3.8, 4) is 28.7 Å². The van der Waals surface area contributed by atoms with Gasteiger partial charge in [0.25, 0.3) is 0 Å². The summed E-state index contributed by atoms with van der Waals surface area (Å²) in [5.74, 6) is 2.29. The predicted octanol–water partition coefficient (Wildman–Crippen LogP) is 3.68. The molecule has 0 saturated carbocycles. The topological polar surface area (TPSA) is 72.5 Å². The Hall–Kier alpha value is -2.61. The second kappa shape index (κ2) is 7.27. The number of esters is 1. The van der Waals surface area contributed by atoms with Crippen LogP contribution in [-0.4, -0.2) is 40.7 Å². The molecule has 0 spiro atoms. The third-order valence-electron chi connectivity index (χ3n) is 6.16. The molecule has 2 aliphatic heterocycles. The van der Waals surface area contributed by atoms with Crippen molar-refractivity contribution in [2.45, 2.75) is 12.3 Å². The molecule has 3 aliphatic rings. The van der Waals surface area contributed by atoms with Gasteiger partial charge in [0.2, 0.25) is 12.5 Å². The zero-order valence-electron chi connectivity index (χ0n) is 16.8. The number of cyclic esters (lactones) is 1. The van der Waals surface area contributed by atoms with E-state index in [2.05, 4.69) is 15.9 Å². The summed E-state index contributed by atoms with van der Waals surface area (Å²) < 4.78 is 34.1. The monoisotopic (exact) mass is 476 g/mol. The van der Waals surface area contributed by atoms with E-state index in [-0.39, 0.29) is 30.5 Å². The van der Waals surface area contributed by atoms with Gasteiger partial charge in [-0.2, -0.15) is 0 Å². The van der Waals surface area contributed by atoms with Crippen LogP contribution in [0, 0.1) is 11.8 Å². The number of ether oxygens (including phenoxy) is 6. The number of carbonyl (C=O) groups excluding carboxylic acids is 1. The fourth-order valence-corrected chi connectivity index (χ4v) is 5.55. The molecule has 2 aromatic carbocycles. The van der Waals surface area contributed by atoms with Crippen molar-refractivity contribution in [2.75, 3.05) is 34.7 Å². The van der Waals surface area contributed by atoms with Crippen LogP contribution in [0.3, 0.4) is 0 Å². The Morgan fingerprint density at radius 2 is 1.67 bits per heavy atom. The third-order valence-corrected chi connectivity index (χ3v) is 6.98. The Bertz CT molecular complexity index is 1030. The van der Waals surface area contributed by atoms with Crippen LogP contribution in [0.4, 0.5) is 0 Å². The minimum absolute atomic E-state index is 0.0846. The Morgan fingerprint density at radius 3 is 2.37 bits per heavy atom. The van der Waals surface area contributed by atoms with Crippen molar-refractivity contribution in [1.82, 2.24) is 0 Å². The Kier molecular flexibility index (Phi) is 4.69. The first kappa shape index (κ1) is 19.4. The van der Waals surface area contributed by atoms with Crippen molar-refractivity contribution >= 4 is 21.9 Å². The van der Waals surface area contributed by atoms with Gasteiger partial charge in [-0.25, -0.2) is 0 Å². The summed E-state index contributed by atoms with van der Waals surface area (Å²) in [7, 11) is 4.72. The average Bonchev–Trinajstić information content (AvgIpc) is 3.36. The molecular formula is C22H21BrO7. The first-order valence-corrected chi connectivity index (χ1v) is 10.4. The molecule has 1 saturated heterocycles. The maximum atomic E-state index is 12.8. The van der Waals surface area contributed by atoms with E-state index in [9.17, 15) is 4.79 Å². The van der Waals surface area contributed by atoms with Crippen molar-refractivity contribution in [3.63, 3.8) is 0 Å². The minimum atomic E-state index is -0.308. The maximum absolute atomic E-state index is 12.8. The van der Waals surface area contributed by atoms with Gasteiger partial charge in [0.05, 0.1) is 38.3 Å². The lowest BCUT2D eigenvalue weighted by molar-refractivity contribution is -0.141. The molecule has 7 nitrogen and oxygen atoms in total. The van der Waals surface area contributed by atoms with Crippen molar-refractivity contribution < 1.29 is 33.2 Å². The quantitative estimate of drug-likeness (QED) is 0.623. The number of halogens is 1. The highest BCUT2D eigenvalue weighted by atomic mass is 79.9. The highest BCUT2D eigenvalue weighted by molar-refractivity contribution is 9.10. The van der Waals surface area contributed by atoms with Gasteiger partial charge in [-0.05, 0) is 57.2 Å². The van der Waals surface area contributed by atoms with Gasteiger partial charge in [0, 0.05) is 11.8 Å². The highest BCUT2D eigenvalue weighted by Gasteiger charge is 2.49. The Morgan fingerprint density at radius 1 is 0.933 bits per heavy atom. The highest BCUT2D eigenvalue weighted by Crippen LogP contribution is 2.55. The summed E-state index contributed by atoms with van der Waals surface area (Å²) in [6.45, 7) is 0.613. The van der Waals surface area contributed by atoms with Gasteiger partial charge in [-0.15, -0.1) is 0 Å². The van der Waals surface area contributed by atoms with Crippen LogP contribution >= 0.6 is 15.9 Å². The second-order valence-electron chi connectivity index (χ2n) is 7.55. The lowest BCUT2D eigenvalue weighted by atomic mass is 9.67. The molecule has 158 valence electrons. The molecule has 0 unspecified atom stereocenters. The number of hydrogen-bond donors (Lipinski definition) is 0. The molecule has 30 heavy (non-hydrogen) atoms. The van der Waals surface area contributed by atoms with Crippen LogP contribution in [-0.2, 0) is 16.0 Å². The number of carbonyl (C=O) groups is 1. The fraction of sp³-hybridized carbons (Fsp3) is 0.409.